The van der Waals surface area contributed by atoms with Gasteiger partial charge in [0, 0.05) is 19.1 Å². The summed E-state index contributed by atoms with van der Waals surface area (Å²) in [6.07, 6.45) is 2.82. The number of nitrogens with one attached hydrogen (secondary N) is 1. The number of aryl methyl sites for hydroxylation is 1. The number of likely N-dealkylation sites (tertiary alicyclic amines) is 1. The Morgan fingerprint density at radius 3 is 2.67 bits per heavy atom. The van der Waals surface area contributed by atoms with Crippen molar-refractivity contribution < 1.29 is 19.1 Å². The fraction of sp³-hybridized carbons (Fsp3) is 0.333. The van der Waals surface area contributed by atoms with Gasteiger partial charge >= 0.3 is 0 Å². The van der Waals surface area contributed by atoms with Crippen molar-refractivity contribution in [2.45, 2.75) is 25.8 Å². The van der Waals surface area contributed by atoms with Crippen LogP contribution in [-0.2, 0) is 0 Å². The first-order valence-electron chi connectivity index (χ1n) is 7.98. The maximum absolute atomic E-state index is 12.3. The van der Waals surface area contributed by atoms with Crippen molar-refractivity contribution in [3.63, 3.8) is 0 Å². The molecule has 0 radical (unpaired) electrons. The van der Waals surface area contributed by atoms with Gasteiger partial charge in [-0.1, -0.05) is 11.6 Å². The summed E-state index contributed by atoms with van der Waals surface area (Å²) in [4.78, 5) is 26.3. The zero-order valence-corrected chi connectivity index (χ0v) is 13.5. The van der Waals surface area contributed by atoms with Crippen LogP contribution in [0.4, 0.5) is 0 Å². The number of rotatable bonds is 3. The van der Waals surface area contributed by atoms with E-state index in [2.05, 4.69) is 5.32 Å². The number of amides is 2. The van der Waals surface area contributed by atoms with E-state index >= 15 is 0 Å². The number of carbonyl (C=O) groups is 2. The van der Waals surface area contributed by atoms with E-state index in [9.17, 15) is 14.7 Å². The largest absolute Gasteiger partial charge is 0.507 e. The maximum atomic E-state index is 12.3. The van der Waals surface area contributed by atoms with E-state index in [0.29, 0.717) is 31.7 Å². The molecule has 2 amide bonds. The van der Waals surface area contributed by atoms with Crippen molar-refractivity contribution in [1.82, 2.24) is 10.2 Å². The average molecular weight is 328 g/mol. The van der Waals surface area contributed by atoms with Gasteiger partial charge in [0.2, 0.25) is 0 Å². The number of hydrogen-bond donors (Lipinski definition) is 2. The number of furan rings is 1. The van der Waals surface area contributed by atoms with Crippen LogP contribution in [0.2, 0.25) is 0 Å². The van der Waals surface area contributed by atoms with Crippen LogP contribution in [0.25, 0.3) is 0 Å². The predicted octanol–water partition coefficient (Wildman–Crippen LogP) is 2.33. The van der Waals surface area contributed by atoms with Crippen LogP contribution in [0.5, 0.6) is 5.75 Å². The lowest BCUT2D eigenvalue weighted by Gasteiger charge is -2.32. The van der Waals surface area contributed by atoms with Gasteiger partial charge in [-0.3, -0.25) is 9.59 Å². The van der Waals surface area contributed by atoms with E-state index in [1.807, 2.05) is 6.92 Å². The van der Waals surface area contributed by atoms with Crippen LogP contribution in [-0.4, -0.2) is 41.0 Å². The van der Waals surface area contributed by atoms with Crippen molar-refractivity contribution in [1.29, 1.82) is 0 Å². The Morgan fingerprint density at radius 1 is 1.25 bits per heavy atom. The van der Waals surface area contributed by atoms with Gasteiger partial charge in [0.1, 0.15) is 5.75 Å². The van der Waals surface area contributed by atoms with Crippen molar-refractivity contribution in [2.75, 3.05) is 13.1 Å². The number of aromatic hydroxyl groups is 1. The monoisotopic (exact) mass is 328 g/mol. The molecule has 1 aromatic carbocycles. The molecule has 1 saturated heterocycles. The third kappa shape index (κ3) is 3.42. The van der Waals surface area contributed by atoms with E-state index in [1.54, 1.807) is 29.2 Å². The average Bonchev–Trinajstić information content (AvgIpc) is 3.11. The van der Waals surface area contributed by atoms with Crippen molar-refractivity contribution in [3.8, 4) is 5.75 Å². The van der Waals surface area contributed by atoms with Crippen LogP contribution < -0.4 is 5.32 Å². The minimum atomic E-state index is -0.285. The number of carbonyl (C=O) groups excluding carboxylic acids is 2. The van der Waals surface area contributed by atoms with Gasteiger partial charge in [-0.25, -0.2) is 0 Å². The van der Waals surface area contributed by atoms with Crippen LogP contribution in [0, 0.1) is 6.92 Å². The summed E-state index contributed by atoms with van der Waals surface area (Å²) in [6, 6.07) is 8.27. The third-order valence-electron chi connectivity index (χ3n) is 4.25. The van der Waals surface area contributed by atoms with E-state index in [-0.39, 0.29) is 29.2 Å². The van der Waals surface area contributed by atoms with Gasteiger partial charge in [0.25, 0.3) is 11.8 Å². The normalized spacial score (nSPS) is 15.3. The summed E-state index contributed by atoms with van der Waals surface area (Å²) in [6.45, 7) is 2.99. The molecule has 1 aliphatic heterocycles. The molecule has 1 fully saturated rings. The standard InChI is InChI=1S/C18H20N2O4/c1-12-4-5-15(21)14(11-12)17(22)19-13-6-8-20(9-7-13)18(23)16-3-2-10-24-16/h2-5,10-11,13,21H,6-9H2,1H3,(H,19,22). The summed E-state index contributed by atoms with van der Waals surface area (Å²) in [5.74, 6) is -0.0983. The molecule has 1 aromatic heterocycles. The minimum Gasteiger partial charge on any atom is -0.507 e. The van der Waals surface area contributed by atoms with Gasteiger partial charge in [-0.05, 0) is 44.0 Å². The molecule has 0 atom stereocenters. The SMILES string of the molecule is Cc1ccc(O)c(C(=O)NC2CCN(C(=O)c3ccco3)CC2)c1. The van der Waals surface area contributed by atoms with Crippen molar-refractivity contribution >= 4 is 11.8 Å². The first kappa shape index (κ1) is 16.1. The quantitative estimate of drug-likeness (QED) is 0.906. The van der Waals surface area contributed by atoms with Crippen molar-refractivity contribution in [2.24, 2.45) is 0 Å². The van der Waals surface area contributed by atoms with Gasteiger partial charge in [-0.2, -0.15) is 0 Å². The summed E-state index contributed by atoms with van der Waals surface area (Å²) < 4.78 is 5.13. The molecule has 2 heterocycles. The van der Waals surface area contributed by atoms with Gasteiger partial charge in [0.15, 0.2) is 5.76 Å². The number of nitrogens with zero attached hydrogens (tertiary/aromatic N) is 1. The first-order valence-corrected chi connectivity index (χ1v) is 7.98. The molecule has 24 heavy (non-hydrogen) atoms. The zero-order chi connectivity index (χ0) is 17.1. The molecule has 2 aromatic rings. The molecule has 6 nitrogen and oxygen atoms in total. The predicted molar refractivity (Wildman–Crippen MR) is 87.9 cm³/mol. The van der Waals surface area contributed by atoms with E-state index in [0.717, 1.165) is 5.56 Å². The lowest BCUT2D eigenvalue weighted by molar-refractivity contribution is 0.0667. The fourth-order valence-corrected chi connectivity index (χ4v) is 2.88. The summed E-state index contributed by atoms with van der Waals surface area (Å²) >= 11 is 0. The van der Waals surface area contributed by atoms with Crippen LogP contribution >= 0.6 is 0 Å². The minimum absolute atomic E-state index is 0.0157. The second-order valence-corrected chi connectivity index (χ2v) is 6.04. The highest BCUT2D eigenvalue weighted by molar-refractivity contribution is 5.97. The van der Waals surface area contributed by atoms with Crippen molar-refractivity contribution in [3.05, 3.63) is 53.5 Å². The lowest BCUT2D eigenvalue weighted by atomic mass is 10.0. The number of hydrogen-bond acceptors (Lipinski definition) is 4. The fourth-order valence-electron chi connectivity index (χ4n) is 2.88. The molecule has 0 aliphatic carbocycles. The Morgan fingerprint density at radius 2 is 2.00 bits per heavy atom. The molecule has 126 valence electrons. The molecule has 0 unspecified atom stereocenters. The zero-order valence-electron chi connectivity index (χ0n) is 13.5. The molecular weight excluding hydrogens is 308 g/mol. The second kappa shape index (κ2) is 6.78. The summed E-state index contributed by atoms with van der Waals surface area (Å²) in [5.41, 5.74) is 1.20. The van der Waals surface area contributed by atoms with Crippen LogP contribution in [0.1, 0.15) is 39.3 Å². The maximum Gasteiger partial charge on any atom is 0.289 e. The van der Waals surface area contributed by atoms with E-state index < -0.39 is 0 Å². The number of phenolic OH excluding ortho intramolecular Hbond substituents is 1. The summed E-state index contributed by atoms with van der Waals surface area (Å²) in [5, 5.41) is 12.8. The molecule has 0 spiro atoms. The Kier molecular flexibility index (Phi) is 4.55. The van der Waals surface area contributed by atoms with Gasteiger partial charge in [-0.15, -0.1) is 0 Å². The van der Waals surface area contributed by atoms with E-state index in [1.165, 1.54) is 12.3 Å². The number of phenols is 1. The van der Waals surface area contributed by atoms with Gasteiger partial charge in [0.05, 0.1) is 11.8 Å². The third-order valence-corrected chi connectivity index (χ3v) is 4.25. The Bertz CT molecular complexity index is 731. The molecule has 0 bridgehead atoms. The highest BCUT2D eigenvalue weighted by atomic mass is 16.3. The lowest BCUT2D eigenvalue weighted by Crippen LogP contribution is -2.46. The number of piperidine rings is 1. The number of benzene rings is 1. The highest BCUT2D eigenvalue weighted by Gasteiger charge is 2.26. The smallest absolute Gasteiger partial charge is 0.289 e. The van der Waals surface area contributed by atoms with E-state index in [4.69, 9.17) is 4.42 Å². The first-order chi connectivity index (χ1) is 11.5. The van der Waals surface area contributed by atoms with Crippen LogP contribution in [0.15, 0.2) is 41.0 Å². The molecule has 6 heteroatoms. The highest BCUT2D eigenvalue weighted by Crippen LogP contribution is 2.20. The van der Waals surface area contributed by atoms with Gasteiger partial charge < -0.3 is 19.7 Å². The molecule has 0 saturated carbocycles. The molecule has 2 N–H and O–H groups in total. The summed E-state index contributed by atoms with van der Waals surface area (Å²) in [7, 11) is 0. The topological polar surface area (TPSA) is 82.8 Å². The second-order valence-electron chi connectivity index (χ2n) is 6.04. The Labute approximate surface area is 140 Å². The Balaban J connectivity index is 1.56. The molecule has 3 rings (SSSR count). The Hall–Kier alpha value is -2.76. The van der Waals surface area contributed by atoms with Crippen LogP contribution in [0.3, 0.4) is 0 Å². The molecule has 1 aliphatic rings. The molecular formula is C18H20N2O4.